The van der Waals surface area contributed by atoms with Gasteiger partial charge in [-0.05, 0) is 43.7 Å². The van der Waals surface area contributed by atoms with Crippen molar-refractivity contribution in [2.24, 2.45) is 0 Å². The number of hydrogen-bond donors (Lipinski definition) is 1. The van der Waals surface area contributed by atoms with Gasteiger partial charge < -0.3 is 5.32 Å². The highest BCUT2D eigenvalue weighted by Crippen LogP contribution is 2.40. The molecule has 1 N–H and O–H groups in total. The SMILES string of the molecule is c1cc(NC2CCCCC2)c2c3c(sc2n1)CCC3. The molecule has 1 saturated carbocycles. The van der Waals surface area contributed by atoms with Gasteiger partial charge in [-0.2, -0.15) is 0 Å². The van der Waals surface area contributed by atoms with E-state index in [-0.39, 0.29) is 0 Å². The summed E-state index contributed by atoms with van der Waals surface area (Å²) in [4.78, 5) is 7.40. The number of rotatable bonds is 2. The lowest BCUT2D eigenvalue weighted by Crippen LogP contribution is -2.22. The predicted molar refractivity (Wildman–Crippen MR) is 82.1 cm³/mol. The number of anilines is 1. The van der Waals surface area contributed by atoms with Gasteiger partial charge in [0.1, 0.15) is 4.83 Å². The fraction of sp³-hybridized carbons (Fsp3) is 0.562. The van der Waals surface area contributed by atoms with Gasteiger partial charge in [-0.3, -0.25) is 0 Å². The van der Waals surface area contributed by atoms with Gasteiger partial charge in [0.2, 0.25) is 0 Å². The minimum atomic E-state index is 0.677. The molecule has 2 aliphatic carbocycles. The van der Waals surface area contributed by atoms with Crippen LogP contribution in [0.4, 0.5) is 5.69 Å². The molecule has 1 fully saturated rings. The van der Waals surface area contributed by atoms with Gasteiger partial charge in [0, 0.05) is 28.2 Å². The van der Waals surface area contributed by atoms with Crippen LogP contribution in [0.25, 0.3) is 10.2 Å². The Morgan fingerprint density at radius 1 is 1.11 bits per heavy atom. The second kappa shape index (κ2) is 4.78. The van der Waals surface area contributed by atoms with E-state index >= 15 is 0 Å². The van der Waals surface area contributed by atoms with E-state index in [4.69, 9.17) is 0 Å². The summed E-state index contributed by atoms with van der Waals surface area (Å²) in [6, 6.07) is 2.86. The molecule has 2 aromatic rings. The molecule has 0 saturated heterocycles. The number of fused-ring (bicyclic) bond motifs is 3. The molecule has 3 heteroatoms. The van der Waals surface area contributed by atoms with E-state index in [0.717, 1.165) is 0 Å². The van der Waals surface area contributed by atoms with Crippen molar-refractivity contribution < 1.29 is 0 Å². The van der Waals surface area contributed by atoms with E-state index in [1.165, 1.54) is 67.3 Å². The maximum Gasteiger partial charge on any atom is 0.125 e. The molecule has 2 heterocycles. The summed E-state index contributed by atoms with van der Waals surface area (Å²) in [7, 11) is 0. The van der Waals surface area contributed by atoms with Crippen LogP contribution < -0.4 is 5.32 Å². The Morgan fingerprint density at radius 3 is 2.89 bits per heavy atom. The normalized spacial score (nSPS) is 19.8. The highest BCUT2D eigenvalue weighted by Gasteiger charge is 2.21. The van der Waals surface area contributed by atoms with E-state index in [9.17, 15) is 0 Å². The minimum Gasteiger partial charge on any atom is -0.382 e. The lowest BCUT2D eigenvalue weighted by molar-refractivity contribution is 0.463. The third kappa shape index (κ3) is 2.04. The fourth-order valence-electron chi connectivity index (χ4n) is 3.61. The van der Waals surface area contributed by atoms with Gasteiger partial charge >= 0.3 is 0 Å². The molecule has 19 heavy (non-hydrogen) atoms. The Balaban J connectivity index is 1.72. The first-order valence-corrected chi connectivity index (χ1v) is 8.39. The van der Waals surface area contributed by atoms with Crippen LogP contribution in [0.1, 0.15) is 49.0 Å². The maximum atomic E-state index is 4.58. The number of nitrogens with one attached hydrogen (secondary N) is 1. The summed E-state index contributed by atoms with van der Waals surface area (Å²) in [5.74, 6) is 0. The number of pyridine rings is 1. The fourth-order valence-corrected chi connectivity index (χ4v) is 4.86. The molecule has 2 nitrogen and oxygen atoms in total. The van der Waals surface area contributed by atoms with E-state index in [1.807, 2.05) is 17.5 Å². The Kier molecular flexibility index (Phi) is 2.95. The molecule has 0 amide bonds. The highest BCUT2D eigenvalue weighted by molar-refractivity contribution is 7.19. The minimum absolute atomic E-state index is 0.677. The topological polar surface area (TPSA) is 24.9 Å². The molecule has 100 valence electrons. The van der Waals surface area contributed by atoms with Gasteiger partial charge in [-0.25, -0.2) is 4.98 Å². The Bertz CT molecular complexity index is 596. The van der Waals surface area contributed by atoms with Crippen LogP contribution in [0.5, 0.6) is 0 Å². The second-order valence-electron chi connectivity index (χ2n) is 5.88. The first-order chi connectivity index (χ1) is 9.42. The third-order valence-corrected chi connectivity index (χ3v) is 5.77. The van der Waals surface area contributed by atoms with E-state index in [1.54, 1.807) is 10.4 Å². The van der Waals surface area contributed by atoms with Gasteiger partial charge in [0.25, 0.3) is 0 Å². The van der Waals surface area contributed by atoms with Crippen LogP contribution >= 0.6 is 11.3 Å². The molecule has 0 bridgehead atoms. The number of thiophene rings is 1. The molecule has 0 aromatic carbocycles. The second-order valence-corrected chi connectivity index (χ2v) is 6.96. The van der Waals surface area contributed by atoms with Crippen LogP contribution in [-0.2, 0) is 12.8 Å². The summed E-state index contributed by atoms with van der Waals surface area (Å²) in [6.07, 6.45) is 12.7. The Morgan fingerprint density at radius 2 is 2.00 bits per heavy atom. The average molecular weight is 272 g/mol. The third-order valence-electron chi connectivity index (χ3n) is 4.57. The summed E-state index contributed by atoms with van der Waals surface area (Å²) in [5, 5.41) is 5.24. The van der Waals surface area contributed by atoms with E-state index < -0.39 is 0 Å². The number of hydrogen-bond acceptors (Lipinski definition) is 3. The van der Waals surface area contributed by atoms with Crippen LogP contribution in [-0.4, -0.2) is 11.0 Å². The van der Waals surface area contributed by atoms with Gasteiger partial charge in [-0.15, -0.1) is 11.3 Å². The van der Waals surface area contributed by atoms with E-state index in [2.05, 4.69) is 16.4 Å². The Labute approximate surface area is 118 Å². The van der Waals surface area contributed by atoms with Crippen LogP contribution in [0.15, 0.2) is 12.3 Å². The van der Waals surface area contributed by atoms with Crippen molar-refractivity contribution in [3.63, 3.8) is 0 Å². The molecule has 0 radical (unpaired) electrons. The molecule has 4 rings (SSSR count). The van der Waals surface area contributed by atoms with Crippen molar-refractivity contribution in [2.75, 3.05) is 5.32 Å². The molecule has 0 unspecified atom stereocenters. The summed E-state index contributed by atoms with van der Waals surface area (Å²) < 4.78 is 0. The zero-order valence-electron chi connectivity index (χ0n) is 11.2. The molecular formula is C16H20N2S. The standard InChI is InChI=1S/C16H20N2S/c1-2-5-11(6-3-1)18-13-9-10-17-16-15(13)12-7-4-8-14(12)19-16/h9-11H,1-8H2,(H,17,18). The van der Waals surface area contributed by atoms with Gasteiger partial charge in [0.05, 0.1) is 0 Å². The van der Waals surface area contributed by atoms with Crippen molar-refractivity contribution in [1.82, 2.24) is 4.98 Å². The van der Waals surface area contributed by atoms with Crippen molar-refractivity contribution in [1.29, 1.82) is 0 Å². The molecule has 0 atom stereocenters. The van der Waals surface area contributed by atoms with Crippen molar-refractivity contribution in [3.8, 4) is 0 Å². The van der Waals surface area contributed by atoms with Crippen molar-refractivity contribution >= 4 is 27.2 Å². The van der Waals surface area contributed by atoms with Crippen molar-refractivity contribution in [3.05, 3.63) is 22.7 Å². The lowest BCUT2D eigenvalue weighted by Gasteiger charge is -2.24. The first kappa shape index (κ1) is 11.7. The van der Waals surface area contributed by atoms with Crippen LogP contribution in [0, 0.1) is 0 Å². The number of nitrogens with zero attached hydrogens (tertiary/aromatic N) is 1. The summed E-state index contributed by atoms with van der Waals surface area (Å²) in [6.45, 7) is 0. The van der Waals surface area contributed by atoms with Crippen LogP contribution in [0.3, 0.4) is 0 Å². The van der Waals surface area contributed by atoms with Gasteiger partial charge in [0.15, 0.2) is 0 Å². The summed E-state index contributed by atoms with van der Waals surface area (Å²) in [5.41, 5.74) is 2.93. The summed E-state index contributed by atoms with van der Waals surface area (Å²) >= 11 is 1.91. The average Bonchev–Trinajstić information content (AvgIpc) is 3.00. The zero-order chi connectivity index (χ0) is 12.7. The molecule has 2 aromatic heterocycles. The maximum absolute atomic E-state index is 4.58. The molecule has 0 spiro atoms. The van der Waals surface area contributed by atoms with Gasteiger partial charge in [-0.1, -0.05) is 19.3 Å². The molecule has 2 aliphatic rings. The number of aryl methyl sites for hydroxylation is 2. The lowest BCUT2D eigenvalue weighted by atomic mass is 9.95. The van der Waals surface area contributed by atoms with Crippen molar-refractivity contribution in [2.45, 2.75) is 57.4 Å². The highest BCUT2D eigenvalue weighted by atomic mass is 32.1. The quantitative estimate of drug-likeness (QED) is 0.868. The first-order valence-electron chi connectivity index (χ1n) is 7.57. The smallest absolute Gasteiger partial charge is 0.125 e. The largest absolute Gasteiger partial charge is 0.382 e. The zero-order valence-corrected chi connectivity index (χ0v) is 12.1. The van der Waals surface area contributed by atoms with Crippen LogP contribution in [0.2, 0.25) is 0 Å². The molecular weight excluding hydrogens is 252 g/mol. The predicted octanol–water partition coefficient (Wildman–Crippen LogP) is 4.53. The number of aromatic nitrogens is 1. The molecule has 0 aliphatic heterocycles. The van der Waals surface area contributed by atoms with E-state index in [0.29, 0.717) is 6.04 Å². The monoisotopic (exact) mass is 272 g/mol. The Hall–Kier alpha value is -1.09.